The number of nitrogens with zero attached hydrogens (tertiary/aromatic N) is 1. The molecule has 3 heteroatoms. The van der Waals surface area contributed by atoms with E-state index in [0.29, 0.717) is 0 Å². The van der Waals surface area contributed by atoms with Crippen molar-refractivity contribution in [2.45, 2.75) is 19.6 Å². The van der Waals surface area contributed by atoms with Crippen molar-refractivity contribution >= 4 is 66.7 Å². The van der Waals surface area contributed by atoms with E-state index in [-0.39, 0.29) is 0 Å². The topological polar surface area (TPSA) is 12.9 Å². The summed E-state index contributed by atoms with van der Waals surface area (Å²) in [5, 5.41) is 8.76. The van der Waals surface area contributed by atoms with Crippen molar-refractivity contribution in [2.24, 2.45) is 0 Å². The summed E-state index contributed by atoms with van der Waals surface area (Å²) in [7, 11) is 0. The predicted molar refractivity (Wildman–Crippen MR) is 155 cm³/mol. The fourth-order valence-corrected chi connectivity index (χ4v) is 7.36. The molecule has 0 saturated heterocycles. The minimum Gasteiger partial charge on any atom is -0.255 e. The minimum atomic E-state index is 1.05. The fraction of sp³-hybridized carbons (Fsp3) is 0. The van der Waals surface area contributed by atoms with Gasteiger partial charge in [-0.05, 0) is 50.5 Å². The molecule has 0 aliphatic rings. The summed E-state index contributed by atoms with van der Waals surface area (Å²) in [4.78, 5) is 9.91. The molecule has 6 aromatic carbocycles. The third-order valence-electron chi connectivity index (χ3n) is 6.61. The van der Waals surface area contributed by atoms with Gasteiger partial charge in [-0.1, -0.05) is 127 Å². The van der Waals surface area contributed by atoms with Gasteiger partial charge in [-0.25, -0.2) is 0 Å². The van der Waals surface area contributed by atoms with Crippen LogP contribution in [0.25, 0.3) is 43.2 Å². The molecular formula is C33H21NS2. The Balaban J connectivity index is 1.47. The quantitative estimate of drug-likeness (QED) is 0.225. The van der Waals surface area contributed by atoms with Gasteiger partial charge in [0.15, 0.2) is 0 Å². The summed E-state index contributed by atoms with van der Waals surface area (Å²) in [6.07, 6.45) is 1.91. The fourth-order valence-electron chi connectivity index (χ4n) is 4.92. The van der Waals surface area contributed by atoms with Gasteiger partial charge in [-0.2, -0.15) is 0 Å². The first-order valence-corrected chi connectivity index (χ1v) is 13.6. The van der Waals surface area contributed by atoms with Gasteiger partial charge in [-0.3, -0.25) is 4.98 Å². The number of fused-ring (bicyclic) bond motifs is 4. The molecule has 0 saturated carbocycles. The zero-order chi connectivity index (χ0) is 23.9. The van der Waals surface area contributed by atoms with Crippen molar-refractivity contribution in [1.82, 2.24) is 4.98 Å². The highest BCUT2D eigenvalue weighted by Gasteiger charge is 2.18. The van der Waals surface area contributed by atoms with Crippen LogP contribution in [-0.4, -0.2) is 4.98 Å². The van der Waals surface area contributed by atoms with Gasteiger partial charge in [0.2, 0.25) is 0 Å². The number of pyridine rings is 1. The standard InChI is InChI=1S/C33H21NS2/c1-3-14-24-22(10-1)12-7-19-29(24)35-32-26-16-5-6-17-27(26)33(31-28(32)18-9-21-34-31)36-30-20-8-13-23-11-2-4-15-25(23)30/h1-21H. The lowest BCUT2D eigenvalue weighted by molar-refractivity contribution is 1.35. The van der Waals surface area contributed by atoms with Crippen LogP contribution in [0.2, 0.25) is 0 Å². The maximum atomic E-state index is 4.94. The number of hydrogen-bond donors (Lipinski definition) is 0. The van der Waals surface area contributed by atoms with E-state index in [9.17, 15) is 0 Å². The number of aromatic nitrogens is 1. The lowest BCUT2D eigenvalue weighted by Crippen LogP contribution is -1.90. The number of benzene rings is 6. The summed E-state index contributed by atoms with van der Waals surface area (Å²) in [6.45, 7) is 0. The number of hydrogen-bond acceptors (Lipinski definition) is 3. The van der Waals surface area contributed by atoms with Crippen LogP contribution in [0, 0.1) is 0 Å². The predicted octanol–water partition coefficient (Wildman–Crippen LogP) is 10.00. The first kappa shape index (κ1) is 21.5. The van der Waals surface area contributed by atoms with Crippen LogP contribution in [0.5, 0.6) is 0 Å². The van der Waals surface area contributed by atoms with Gasteiger partial charge >= 0.3 is 0 Å². The van der Waals surface area contributed by atoms with E-state index >= 15 is 0 Å². The summed E-state index contributed by atoms with van der Waals surface area (Å²) >= 11 is 3.67. The molecule has 0 amide bonds. The zero-order valence-corrected chi connectivity index (χ0v) is 21.0. The van der Waals surface area contributed by atoms with Crippen molar-refractivity contribution < 1.29 is 0 Å². The van der Waals surface area contributed by atoms with Gasteiger partial charge in [0, 0.05) is 31.2 Å². The molecule has 0 unspecified atom stereocenters. The minimum absolute atomic E-state index is 1.05. The molecule has 0 N–H and O–H groups in total. The van der Waals surface area contributed by atoms with E-state index in [1.54, 1.807) is 0 Å². The highest BCUT2D eigenvalue weighted by Crippen LogP contribution is 2.47. The summed E-state index contributed by atoms with van der Waals surface area (Å²) in [5.41, 5.74) is 1.05. The van der Waals surface area contributed by atoms with Crippen LogP contribution in [-0.2, 0) is 0 Å². The average Bonchev–Trinajstić information content (AvgIpc) is 2.95. The van der Waals surface area contributed by atoms with E-state index < -0.39 is 0 Å². The Morgan fingerprint density at radius 2 is 0.861 bits per heavy atom. The molecule has 0 atom stereocenters. The second kappa shape index (κ2) is 9.02. The van der Waals surface area contributed by atoms with Crippen molar-refractivity contribution in [3.05, 3.63) is 128 Å². The van der Waals surface area contributed by atoms with Crippen molar-refractivity contribution in [1.29, 1.82) is 0 Å². The molecule has 1 heterocycles. The molecule has 1 nitrogen and oxygen atoms in total. The molecule has 0 aliphatic carbocycles. The van der Waals surface area contributed by atoms with Gasteiger partial charge in [0.1, 0.15) is 0 Å². The van der Waals surface area contributed by atoms with Crippen LogP contribution in [0.3, 0.4) is 0 Å². The Kier molecular flexibility index (Phi) is 5.38. The lowest BCUT2D eigenvalue weighted by Gasteiger charge is -2.17. The van der Waals surface area contributed by atoms with Gasteiger partial charge in [0.05, 0.1) is 5.52 Å². The lowest BCUT2D eigenvalue weighted by atomic mass is 10.1. The molecule has 0 bridgehead atoms. The monoisotopic (exact) mass is 495 g/mol. The molecule has 170 valence electrons. The van der Waals surface area contributed by atoms with Gasteiger partial charge in [0.25, 0.3) is 0 Å². The van der Waals surface area contributed by atoms with Crippen molar-refractivity contribution in [3.8, 4) is 0 Å². The number of rotatable bonds is 4. The Labute approximate surface area is 218 Å². The maximum absolute atomic E-state index is 4.94. The molecule has 36 heavy (non-hydrogen) atoms. The van der Waals surface area contributed by atoms with E-state index in [0.717, 1.165) is 5.52 Å². The molecule has 7 aromatic rings. The third kappa shape index (κ3) is 3.63. The van der Waals surface area contributed by atoms with E-state index in [1.807, 2.05) is 29.7 Å². The summed E-state index contributed by atoms with van der Waals surface area (Å²) in [5.74, 6) is 0. The van der Waals surface area contributed by atoms with Crippen LogP contribution in [0.15, 0.2) is 147 Å². The van der Waals surface area contributed by atoms with Crippen molar-refractivity contribution in [2.75, 3.05) is 0 Å². The van der Waals surface area contributed by atoms with Gasteiger partial charge in [-0.15, -0.1) is 0 Å². The molecule has 1 aromatic heterocycles. The third-order valence-corrected chi connectivity index (χ3v) is 9.02. The normalized spacial score (nSPS) is 11.6. The Hall–Kier alpha value is -3.79. The molecule has 7 rings (SSSR count). The average molecular weight is 496 g/mol. The second-order valence-corrected chi connectivity index (χ2v) is 10.9. The first-order valence-electron chi connectivity index (χ1n) is 12.0. The van der Waals surface area contributed by atoms with Crippen LogP contribution >= 0.6 is 23.5 Å². The van der Waals surface area contributed by atoms with Crippen molar-refractivity contribution in [3.63, 3.8) is 0 Å². The summed E-state index contributed by atoms with van der Waals surface area (Å²) < 4.78 is 0. The SMILES string of the molecule is c1ccc2c(Sc3c4ccccc4c(Sc4cccc5ccccc45)c4ncccc34)cccc2c1. The van der Waals surface area contributed by atoms with E-state index in [1.165, 1.54) is 57.3 Å². The Morgan fingerprint density at radius 1 is 0.389 bits per heavy atom. The molecule has 0 radical (unpaired) electrons. The van der Waals surface area contributed by atoms with E-state index in [4.69, 9.17) is 4.98 Å². The molecule has 0 fully saturated rings. The zero-order valence-electron chi connectivity index (χ0n) is 19.4. The molecule has 0 spiro atoms. The van der Waals surface area contributed by atoms with Crippen LogP contribution in [0.4, 0.5) is 0 Å². The Morgan fingerprint density at radius 3 is 1.50 bits per heavy atom. The van der Waals surface area contributed by atoms with Crippen LogP contribution < -0.4 is 0 Å². The second-order valence-electron chi connectivity index (χ2n) is 8.76. The smallest absolute Gasteiger partial charge is 0.0859 e. The first-order chi connectivity index (χ1) is 17.9. The highest BCUT2D eigenvalue weighted by atomic mass is 32.2. The Bertz CT molecular complexity index is 1700. The van der Waals surface area contributed by atoms with Crippen LogP contribution in [0.1, 0.15) is 0 Å². The van der Waals surface area contributed by atoms with E-state index in [2.05, 4.69) is 121 Å². The molecular weight excluding hydrogens is 475 g/mol. The highest BCUT2D eigenvalue weighted by molar-refractivity contribution is 8.00. The largest absolute Gasteiger partial charge is 0.255 e. The molecule has 0 aliphatic heterocycles. The maximum Gasteiger partial charge on any atom is 0.0859 e. The van der Waals surface area contributed by atoms with Gasteiger partial charge < -0.3 is 0 Å². The summed E-state index contributed by atoms with van der Waals surface area (Å²) in [6, 6.07) is 43.4.